The van der Waals surface area contributed by atoms with Crippen LogP contribution in [0.5, 0.6) is 0 Å². The second-order valence-electron chi connectivity index (χ2n) is 5.10. The number of aryl methyl sites for hydroxylation is 3. The quantitative estimate of drug-likeness (QED) is 0.866. The lowest BCUT2D eigenvalue weighted by Gasteiger charge is -2.19. The number of halogens is 1. The van der Waals surface area contributed by atoms with Gasteiger partial charge in [0.1, 0.15) is 0 Å². The molecule has 0 heterocycles. The molecule has 0 saturated heterocycles. The van der Waals surface area contributed by atoms with Crippen molar-refractivity contribution in [3.63, 3.8) is 0 Å². The largest absolute Gasteiger partial charge is 0.309 e. The van der Waals surface area contributed by atoms with Crippen LogP contribution >= 0.6 is 15.9 Å². The first-order valence-electron chi connectivity index (χ1n) is 6.53. The smallest absolute Gasteiger partial charge is 0.0574 e. The van der Waals surface area contributed by atoms with Gasteiger partial charge in [-0.05, 0) is 50.1 Å². The van der Waals surface area contributed by atoms with Crippen molar-refractivity contribution < 1.29 is 0 Å². The van der Waals surface area contributed by atoms with Gasteiger partial charge in [0.15, 0.2) is 0 Å². The first-order valence-corrected chi connectivity index (χ1v) is 7.32. The third-order valence-electron chi connectivity index (χ3n) is 3.46. The van der Waals surface area contributed by atoms with E-state index in [9.17, 15) is 0 Å². The molecule has 0 aliphatic carbocycles. The fourth-order valence-corrected chi connectivity index (χ4v) is 2.75. The van der Waals surface area contributed by atoms with Crippen LogP contribution in [0.4, 0.5) is 0 Å². The predicted molar refractivity (Wildman–Crippen MR) is 85.7 cm³/mol. The third kappa shape index (κ3) is 3.07. The van der Waals surface area contributed by atoms with Gasteiger partial charge in [-0.25, -0.2) is 0 Å². The van der Waals surface area contributed by atoms with Gasteiger partial charge in [-0.3, -0.25) is 0 Å². The Morgan fingerprint density at radius 2 is 1.58 bits per heavy atom. The fourth-order valence-electron chi connectivity index (χ4n) is 2.52. The van der Waals surface area contributed by atoms with Crippen LogP contribution in [0.15, 0.2) is 40.9 Å². The highest BCUT2D eigenvalue weighted by Crippen LogP contribution is 2.29. The number of benzene rings is 2. The molecule has 2 aromatic carbocycles. The minimum absolute atomic E-state index is 0.241. The molecule has 1 N–H and O–H groups in total. The highest BCUT2D eigenvalue weighted by atomic mass is 79.9. The van der Waals surface area contributed by atoms with Gasteiger partial charge in [0.05, 0.1) is 6.04 Å². The van der Waals surface area contributed by atoms with Gasteiger partial charge < -0.3 is 5.32 Å². The number of hydrogen-bond acceptors (Lipinski definition) is 1. The highest BCUT2D eigenvalue weighted by molar-refractivity contribution is 9.10. The minimum Gasteiger partial charge on any atom is -0.309 e. The summed E-state index contributed by atoms with van der Waals surface area (Å²) in [6.07, 6.45) is 0. The van der Waals surface area contributed by atoms with Crippen molar-refractivity contribution in [3.05, 3.63) is 68.7 Å². The zero-order valence-electron chi connectivity index (χ0n) is 11.9. The van der Waals surface area contributed by atoms with Gasteiger partial charge in [-0.15, -0.1) is 0 Å². The van der Waals surface area contributed by atoms with Gasteiger partial charge >= 0.3 is 0 Å². The molecule has 1 nitrogen and oxygen atoms in total. The summed E-state index contributed by atoms with van der Waals surface area (Å²) >= 11 is 3.63. The van der Waals surface area contributed by atoms with E-state index < -0.39 is 0 Å². The molecule has 0 aromatic heterocycles. The first-order chi connectivity index (χ1) is 9.02. The summed E-state index contributed by atoms with van der Waals surface area (Å²) in [7, 11) is 2.01. The van der Waals surface area contributed by atoms with Crippen molar-refractivity contribution in [1.29, 1.82) is 0 Å². The summed E-state index contributed by atoms with van der Waals surface area (Å²) in [5, 5.41) is 3.42. The molecule has 19 heavy (non-hydrogen) atoms. The number of rotatable bonds is 3. The van der Waals surface area contributed by atoms with Crippen LogP contribution in [-0.2, 0) is 0 Å². The van der Waals surface area contributed by atoms with E-state index in [1.54, 1.807) is 0 Å². The van der Waals surface area contributed by atoms with E-state index in [2.05, 4.69) is 78.4 Å². The summed E-state index contributed by atoms with van der Waals surface area (Å²) in [5.74, 6) is 0. The monoisotopic (exact) mass is 317 g/mol. The molecule has 100 valence electrons. The SMILES string of the molecule is CNC(c1cccc(C)c1)c1cc(C)c(Br)c(C)c1. The van der Waals surface area contributed by atoms with Gasteiger partial charge in [-0.1, -0.05) is 57.9 Å². The maximum absolute atomic E-state index is 3.63. The topological polar surface area (TPSA) is 12.0 Å². The summed E-state index contributed by atoms with van der Waals surface area (Å²) in [6, 6.07) is 13.4. The Hall–Kier alpha value is -1.12. The molecular formula is C17H20BrN. The molecule has 1 unspecified atom stereocenters. The van der Waals surface area contributed by atoms with Crippen molar-refractivity contribution in [2.45, 2.75) is 26.8 Å². The van der Waals surface area contributed by atoms with Crippen LogP contribution in [0.2, 0.25) is 0 Å². The van der Waals surface area contributed by atoms with Gasteiger partial charge in [0.25, 0.3) is 0 Å². The van der Waals surface area contributed by atoms with Crippen LogP contribution in [0.3, 0.4) is 0 Å². The lowest BCUT2D eigenvalue weighted by Crippen LogP contribution is -2.18. The summed E-state index contributed by atoms with van der Waals surface area (Å²) in [4.78, 5) is 0. The van der Waals surface area contributed by atoms with E-state index >= 15 is 0 Å². The minimum atomic E-state index is 0.241. The molecule has 0 amide bonds. The maximum atomic E-state index is 3.63. The molecule has 0 aliphatic heterocycles. The van der Waals surface area contributed by atoms with Crippen LogP contribution in [0.1, 0.15) is 33.9 Å². The molecule has 2 heteroatoms. The zero-order chi connectivity index (χ0) is 14.0. The van der Waals surface area contributed by atoms with Crippen molar-refractivity contribution in [2.24, 2.45) is 0 Å². The summed E-state index contributed by atoms with van der Waals surface area (Å²) in [5.41, 5.74) is 6.48. The van der Waals surface area contributed by atoms with Gasteiger partial charge in [0, 0.05) is 4.47 Å². The fraction of sp³-hybridized carbons (Fsp3) is 0.294. The zero-order valence-corrected chi connectivity index (χ0v) is 13.5. The van der Waals surface area contributed by atoms with Crippen LogP contribution in [0.25, 0.3) is 0 Å². The van der Waals surface area contributed by atoms with Crippen LogP contribution in [-0.4, -0.2) is 7.05 Å². The van der Waals surface area contributed by atoms with Crippen molar-refractivity contribution >= 4 is 15.9 Å². The van der Waals surface area contributed by atoms with Gasteiger partial charge in [-0.2, -0.15) is 0 Å². The Bertz CT molecular complexity index is 567. The Labute approximate surface area is 124 Å². The van der Waals surface area contributed by atoms with Crippen LogP contribution in [0, 0.1) is 20.8 Å². The maximum Gasteiger partial charge on any atom is 0.0574 e. The number of nitrogens with one attached hydrogen (secondary N) is 1. The summed E-state index contributed by atoms with van der Waals surface area (Å²) in [6.45, 7) is 6.42. The second-order valence-corrected chi connectivity index (χ2v) is 5.90. The Morgan fingerprint density at radius 1 is 0.947 bits per heavy atom. The standard InChI is InChI=1S/C17H20BrN/c1-11-6-5-7-14(8-11)17(19-4)15-9-12(2)16(18)13(3)10-15/h5-10,17,19H,1-4H3. The lowest BCUT2D eigenvalue weighted by atomic mass is 9.95. The molecule has 0 saturated carbocycles. The van der Waals surface area contributed by atoms with E-state index in [0.29, 0.717) is 0 Å². The van der Waals surface area contributed by atoms with Crippen molar-refractivity contribution in [1.82, 2.24) is 5.32 Å². The Kier molecular flexibility index (Phi) is 4.43. The van der Waals surface area contributed by atoms with Gasteiger partial charge in [0.2, 0.25) is 0 Å². The lowest BCUT2D eigenvalue weighted by molar-refractivity contribution is 0.690. The normalized spacial score (nSPS) is 12.5. The molecule has 0 radical (unpaired) electrons. The van der Waals surface area contributed by atoms with E-state index in [4.69, 9.17) is 0 Å². The van der Waals surface area contributed by atoms with E-state index in [1.165, 1.54) is 32.3 Å². The van der Waals surface area contributed by atoms with Crippen LogP contribution < -0.4 is 5.32 Å². The predicted octanol–water partition coefficient (Wildman–Crippen LogP) is 4.68. The average Bonchev–Trinajstić information content (AvgIpc) is 2.37. The third-order valence-corrected chi connectivity index (χ3v) is 4.71. The molecule has 1 atom stereocenters. The molecule has 0 bridgehead atoms. The van der Waals surface area contributed by atoms with Crippen molar-refractivity contribution in [3.8, 4) is 0 Å². The average molecular weight is 318 g/mol. The van der Waals surface area contributed by atoms with E-state index in [-0.39, 0.29) is 6.04 Å². The molecule has 0 spiro atoms. The Balaban J connectivity index is 2.48. The molecule has 2 aromatic rings. The highest BCUT2D eigenvalue weighted by Gasteiger charge is 2.14. The van der Waals surface area contributed by atoms with E-state index in [0.717, 1.165) is 0 Å². The molecular weight excluding hydrogens is 298 g/mol. The van der Waals surface area contributed by atoms with Crippen molar-refractivity contribution in [2.75, 3.05) is 7.05 Å². The molecule has 0 aliphatic rings. The Morgan fingerprint density at radius 3 is 2.11 bits per heavy atom. The molecule has 0 fully saturated rings. The van der Waals surface area contributed by atoms with E-state index in [1.807, 2.05) is 7.05 Å². The molecule has 2 rings (SSSR count). The summed E-state index contributed by atoms with van der Waals surface area (Å²) < 4.78 is 1.20. The second kappa shape index (κ2) is 5.89. The number of hydrogen-bond donors (Lipinski definition) is 1. The first kappa shape index (κ1) is 14.3.